The van der Waals surface area contributed by atoms with Gasteiger partial charge >= 0.3 is 0 Å². The largest absolute Gasteiger partial charge is 0.328 e. The van der Waals surface area contributed by atoms with E-state index in [0.717, 1.165) is 5.75 Å². The van der Waals surface area contributed by atoms with E-state index in [9.17, 15) is 0 Å². The zero-order valence-electron chi connectivity index (χ0n) is 4.89. The molecule has 44 valence electrons. The third-order valence-corrected chi connectivity index (χ3v) is 1.76. The van der Waals surface area contributed by atoms with Crippen LogP contribution in [0.1, 0.15) is 13.8 Å². The molecular formula is C5H13NS. The molecule has 0 amide bonds. The van der Waals surface area contributed by atoms with Crippen LogP contribution in [0.5, 0.6) is 0 Å². The van der Waals surface area contributed by atoms with Crippen molar-refractivity contribution in [1.82, 2.24) is 0 Å². The van der Waals surface area contributed by atoms with Crippen LogP contribution in [0.3, 0.4) is 0 Å². The number of thiol groups is 1. The molecule has 0 aliphatic carbocycles. The van der Waals surface area contributed by atoms with Crippen LogP contribution in [0, 0.1) is 5.92 Å². The first-order valence-electron chi connectivity index (χ1n) is 2.55. The van der Waals surface area contributed by atoms with Crippen LogP contribution < -0.4 is 5.73 Å². The van der Waals surface area contributed by atoms with E-state index in [1.54, 1.807) is 0 Å². The minimum absolute atomic E-state index is 0.289. The van der Waals surface area contributed by atoms with E-state index in [4.69, 9.17) is 5.73 Å². The lowest BCUT2D eigenvalue weighted by molar-refractivity contribution is 0.538. The Morgan fingerprint density at radius 3 is 2.00 bits per heavy atom. The summed E-state index contributed by atoms with van der Waals surface area (Å²) >= 11 is 4.07. The van der Waals surface area contributed by atoms with Gasteiger partial charge in [0, 0.05) is 6.04 Å². The molecule has 0 aromatic rings. The maximum absolute atomic E-state index is 5.50. The molecule has 0 saturated carbocycles. The third kappa shape index (κ3) is 2.94. The maximum Gasteiger partial charge on any atom is 0.00439 e. The van der Waals surface area contributed by atoms with Gasteiger partial charge in [0.25, 0.3) is 0 Å². The van der Waals surface area contributed by atoms with Crippen molar-refractivity contribution >= 4 is 12.6 Å². The van der Waals surface area contributed by atoms with Crippen LogP contribution in [0.15, 0.2) is 0 Å². The molecule has 0 aliphatic rings. The Balaban J connectivity index is 3.14. The van der Waals surface area contributed by atoms with Gasteiger partial charge in [-0.15, -0.1) is 0 Å². The molecule has 0 radical (unpaired) electrons. The van der Waals surface area contributed by atoms with E-state index < -0.39 is 0 Å². The van der Waals surface area contributed by atoms with E-state index >= 15 is 0 Å². The fourth-order valence-electron chi connectivity index (χ4n) is 0.166. The van der Waals surface area contributed by atoms with Crippen molar-refractivity contribution in [1.29, 1.82) is 0 Å². The molecule has 0 fully saturated rings. The molecule has 0 aliphatic heterocycles. The lowest BCUT2D eigenvalue weighted by atomic mass is 10.1. The minimum Gasteiger partial charge on any atom is -0.328 e. The zero-order chi connectivity index (χ0) is 5.86. The van der Waals surface area contributed by atoms with Gasteiger partial charge in [0.1, 0.15) is 0 Å². The zero-order valence-corrected chi connectivity index (χ0v) is 5.78. The molecule has 0 saturated heterocycles. The SMILES string of the molecule is CC(CS)[C@@H](C)N. The fraction of sp³-hybridized carbons (Fsp3) is 1.00. The van der Waals surface area contributed by atoms with Gasteiger partial charge in [-0.3, -0.25) is 0 Å². The van der Waals surface area contributed by atoms with Gasteiger partial charge in [0.15, 0.2) is 0 Å². The van der Waals surface area contributed by atoms with E-state index in [1.807, 2.05) is 6.92 Å². The summed E-state index contributed by atoms with van der Waals surface area (Å²) in [5.41, 5.74) is 5.50. The number of nitrogens with two attached hydrogens (primary N) is 1. The van der Waals surface area contributed by atoms with Crippen molar-refractivity contribution < 1.29 is 0 Å². The van der Waals surface area contributed by atoms with Gasteiger partial charge in [0.2, 0.25) is 0 Å². The van der Waals surface area contributed by atoms with Crippen LogP contribution >= 0.6 is 12.6 Å². The van der Waals surface area contributed by atoms with Gasteiger partial charge in [-0.05, 0) is 18.6 Å². The lowest BCUT2D eigenvalue weighted by Crippen LogP contribution is -2.25. The van der Waals surface area contributed by atoms with Crippen molar-refractivity contribution in [2.45, 2.75) is 19.9 Å². The molecule has 7 heavy (non-hydrogen) atoms. The Bertz CT molecular complexity index is 45.3. The van der Waals surface area contributed by atoms with E-state index in [1.165, 1.54) is 0 Å². The topological polar surface area (TPSA) is 26.0 Å². The first-order valence-corrected chi connectivity index (χ1v) is 3.18. The molecule has 0 heterocycles. The third-order valence-electron chi connectivity index (χ3n) is 1.19. The molecule has 1 unspecified atom stereocenters. The highest BCUT2D eigenvalue weighted by Gasteiger charge is 2.02. The van der Waals surface area contributed by atoms with Crippen molar-refractivity contribution in [2.24, 2.45) is 11.7 Å². The lowest BCUT2D eigenvalue weighted by Gasteiger charge is -2.10. The summed E-state index contributed by atoms with van der Waals surface area (Å²) in [6.45, 7) is 4.10. The number of rotatable bonds is 2. The summed E-state index contributed by atoms with van der Waals surface area (Å²) in [6, 6.07) is 0.289. The molecule has 0 bridgehead atoms. The van der Waals surface area contributed by atoms with E-state index in [0.29, 0.717) is 5.92 Å². The maximum atomic E-state index is 5.50. The van der Waals surface area contributed by atoms with Crippen LogP contribution in [0.25, 0.3) is 0 Å². The van der Waals surface area contributed by atoms with Crippen LogP contribution in [-0.4, -0.2) is 11.8 Å². The first kappa shape index (κ1) is 7.31. The predicted molar refractivity (Wildman–Crippen MR) is 36.7 cm³/mol. The second-order valence-electron chi connectivity index (χ2n) is 2.02. The van der Waals surface area contributed by atoms with Gasteiger partial charge < -0.3 is 5.73 Å². The standard InChI is InChI=1S/C5H13NS/c1-4(3-7)5(2)6/h4-5,7H,3,6H2,1-2H3/t4?,5-/m1/s1. The van der Waals surface area contributed by atoms with Crippen LogP contribution in [0.2, 0.25) is 0 Å². The molecule has 0 rings (SSSR count). The van der Waals surface area contributed by atoms with Crippen LogP contribution in [-0.2, 0) is 0 Å². The Labute approximate surface area is 50.7 Å². The molecular weight excluding hydrogens is 106 g/mol. The average Bonchev–Trinajstić information content (AvgIpc) is 1.65. The Hall–Kier alpha value is 0.310. The minimum atomic E-state index is 0.289. The summed E-state index contributed by atoms with van der Waals surface area (Å²) in [6.07, 6.45) is 0. The van der Waals surface area contributed by atoms with Gasteiger partial charge in [-0.1, -0.05) is 6.92 Å². The highest BCUT2D eigenvalue weighted by molar-refractivity contribution is 7.80. The van der Waals surface area contributed by atoms with E-state index in [-0.39, 0.29) is 6.04 Å². The molecule has 0 aromatic carbocycles. The van der Waals surface area contributed by atoms with Crippen molar-refractivity contribution in [3.05, 3.63) is 0 Å². The van der Waals surface area contributed by atoms with Crippen molar-refractivity contribution in [3.8, 4) is 0 Å². The van der Waals surface area contributed by atoms with Gasteiger partial charge in [0.05, 0.1) is 0 Å². The van der Waals surface area contributed by atoms with Crippen LogP contribution in [0.4, 0.5) is 0 Å². The number of hydrogen-bond donors (Lipinski definition) is 2. The smallest absolute Gasteiger partial charge is 0.00439 e. The first-order chi connectivity index (χ1) is 3.18. The summed E-state index contributed by atoms with van der Waals surface area (Å²) in [4.78, 5) is 0. The second-order valence-corrected chi connectivity index (χ2v) is 2.38. The normalized spacial score (nSPS) is 18.9. The summed E-state index contributed by atoms with van der Waals surface area (Å²) in [5.74, 6) is 1.43. The quantitative estimate of drug-likeness (QED) is 0.519. The van der Waals surface area contributed by atoms with E-state index in [2.05, 4.69) is 19.6 Å². The molecule has 2 heteroatoms. The van der Waals surface area contributed by atoms with Crippen molar-refractivity contribution in [2.75, 3.05) is 5.75 Å². The Morgan fingerprint density at radius 1 is 1.57 bits per heavy atom. The van der Waals surface area contributed by atoms with Crippen molar-refractivity contribution in [3.63, 3.8) is 0 Å². The van der Waals surface area contributed by atoms with Gasteiger partial charge in [-0.25, -0.2) is 0 Å². The highest BCUT2D eigenvalue weighted by atomic mass is 32.1. The Kier molecular flexibility index (Phi) is 3.48. The monoisotopic (exact) mass is 119 g/mol. The number of hydrogen-bond acceptors (Lipinski definition) is 2. The summed E-state index contributed by atoms with van der Waals surface area (Å²) < 4.78 is 0. The second kappa shape index (κ2) is 3.33. The predicted octanol–water partition coefficient (Wildman–Crippen LogP) is 0.900. The molecule has 2 N–H and O–H groups in total. The molecule has 0 spiro atoms. The molecule has 2 atom stereocenters. The van der Waals surface area contributed by atoms with Gasteiger partial charge in [-0.2, -0.15) is 12.6 Å². The molecule has 0 aromatic heterocycles. The fourth-order valence-corrected chi connectivity index (χ4v) is 0.499. The average molecular weight is 119 g/mol. The summed E-state index contributed by atoms with van der Waals surface area (Å²) in [5, 5.41) is 0. The molecule has 1 nitrogen and oxygen atoms in total. The Morgan fingerprint density at radius 2 is 2.00 bits per heavy atom. The highest BCUT2D eigenvalue weighted by Crippen LogP contribution is 1.99. The summed E-state index contributed by atoms with van der Waals surface area (Å²) in [7, 11) is 0.